The van der Waals surface area contributed by atoms with Crippen molar-refractivity contribution in [3.8, 4) is 0 Å². The van der Waals surface area contributed by atoms with E-state index in [1.54, 1.807) is 6.26 Å². The number of rotatable bonds is 5. The molecule has 3 heterocycles. The lowest BCUT2D eigenvalue weighted by molar-refractivity contribution is 0.0682. The van der Waals surface area contributed by atoms with Gasteiger partial charge in [0.1, 0.15) is 0 Å². The first-order valence-corrected chi connectivity index (χ1v) is 6.70. The standard InChI is InChI=1S/C14H19N3O2/c1-2-18-11-14-9-16(7-12-4-6-19-10-12)8-13-3-5-15-17(13)14/h3-6,10,14H,2,7-9,11H2,1H3/t14-/m0/s1. The molecule has 102 valence electrons. The minimum Gasteiger partial charge on any atom is -0.472 e. The Morgan fingerprint density at radius 2 is 2.42 bits per heavy atom. The molecule has 5 nitrogen and oxygen atoms in total. The van der Waals surface area contributed by atoms with Crippen LogP contribution < -0.4 is 0 Å². The van der Waals surface area contributed by atoms with E-state index in [2.05, 4.69) is 20.7 Å². The fraction of sp³-hybridized carbons (Fsp3) is 0.500. The monoisotopic (exact) mass is 261 g/mol. The zero-order chi connectivity index (χ0) is 13.1. The molecule has 3 rings (SSSR count). The first-order valence-electron chi connectivity index (χ1n) is 6.70. The van der Waals surface area contributed by atoms with E-state index in [4.69, 9.17) is 9.15 Å². The van der Waals surface area contributed by atoms with Crippen molar-refractivity contribution >= 4 is 0 Å². The molecule has 0 aromatic carbocycles. The second-order valence-corrected chi connectivity index (χ2v) is 4.88. The van der Waals surface area contributed by atoms with Gasteiger partial charge in [-0.25, -0.2) is 0 Å². The van der Waals surface area contributed by atoms with E-state index in [-0.39, 0.29) is 0 Å². The Kier molecular flexibility index (Phi) is 3.66. The van der Waals surface area contributed by atoms with Gasteiger partial charge in [0.05, 0.1) is 30.9 Å². The average molecular weight is 261 g/mol. The molecule has 0 radical (unpaired) electrons. The van der Waals surface area contributed by atoms with Crippen molar-refractivity contribution in [2.45, 2.75) is 26.1 Å². The third-order valence-electron chi connectivity index (χ3n) is 3.45. The lowest BCUT2D eigenvalue weighted by Crippen LogP contribution is -2.39. The van der Waals surface area contributed by atoms with Crippen molar-refractivity contribution in [2.24, 2.45) is 0 Å². The Morgan fingerprint density at radius 3 is 3.21 bits per heavy atom. The number of nitrogens with zero attached hydrogens (tertiary/aromatic N) is 3. The summed E-state index contributed by atoms with van der Waals surface area (Å²) in [5, 5.41) is 4.41. The van der Waals surface area contributed by atoms with Gasteiger partial charge in [0.15, 0.2) is 0 Å². The zero-order valence-corrected chi connectivity index (χ0v) is 11.2. The minimum absolute atomic E-state index is 0.297. The maximum absolute atomic E-state index is 5.58. The molecule has 5 heteroatoms. The minimum atomic E-state index is 0.297. The van der Waals surface area contributed by atoms with Crippen molar-refractivity contribution in [1.29, 1.82) is 0 Å². The molecule has 0 N–H and O–H groups in total. The topological polar surface area (TPSA) is 43.4 Å². The molecule has 0 saturated carbocycles. The molecule has 1 atom stereocenters. The van der Waals surface area contributed by atoms with Gasteiger partial charge in [0.25, 0.3) is 0 Å². The van der Waals surface area contributed by atoms with Crippen molar-refractivity contribution in [3.63, 3.8) is 0 Å². The van der Waals surface area contributed by atoms with E-state index in [0.29, 0.717) is 12.6 Å². The summed E-state index contributed by atoms with van der Waals surface area (Å²) in [6.07, 6.45) is 5.40. The smallest absolute Gasteiger partial charge is 0.0947 e. The second kappa shape index (κ2) is 5.59. The number of hydrogen-bond acceptors (Lipinski definition) is 4. The highest BCUT2D eigenvalue weighted by Crippen LogP contribution is 2.22. The number of furan rings is 1. The van der Waals surface area contributed by atoms with E-state index in [0.717, 1.165) is 26.2 Å². The lowest BCUT2D eigenvalue weighted by Gasteiger charge is -2.33. The number of fused-ring (bicyclic) bond motifs is 1. The van der Waals surface area contributed by atoms with Gasteiger partial charge in [-0.1, -0.05) is 0 Å². The van der Waals surface area contributed by atoms with Crippen LogP contribution in [0.25, 0.3) is 0 Å². The molecule has 19 heavy (non-hydrogen) atoms. The van der Waals surface area contributed by atoms with Crippen LogP contribution in [-0.4, -0.2) is 34.4 Å². The molecule has 0 amide bonds. The summed E-state index contributed by atoms with van der Waals surface area (Å²) >= 11 is 0. The highest BCUT2D eigenvalue weighted by molar-refractivity contribution is 5.09. The van der Waals surface area contributed by atoms with Gasteiger partial charge >= 0.3 is 0 Å². The summed E-state index contributed by atoms with van der Waals surface area (Å²) in [5.41, 5.74) is 2.46. The predicted molar refractivity (Wildman–Crippen MR) is 70.6 cm³/mol. The SMILES string of the molecule is CCOC[C@@H]1CN(Cc2ccoc2)Cc2ccnn21. The molecule has 0 spiro atoms. The molecule has 0 saturated heterocycles. The number of hydrogen-bond donors (Lipinski definition) is 0. The van der Waals surface area contributed by atoms with Crippen LogP contribution in [-0.2, 0) is 17.8 Å². The van der Waals surface area contributed by atoms with Crippen molar-refractivity contribution in [2.75, 3.05) is 19.8 Å². The van der Waals surface area contributed by atoms with E-state index >= 15 is 0 Å². The number of aromatic nitrogens is 2. The zero-order valence-electron chi connectivity index (χ0n) is 11.2. The van der Waals surface area contributed by atoms with Gasteiger partial charge in [-0.2, -0.15) is 5.10 Å². The van der Waals surface area contributed by atoms with Crippen LogP contribution in [0.3, 0.4) is 0 Å². The van der Waals surface area contributed by atoms with E-state index in [9.17, 15) is 0 Å². The first kappa shape index (κ1) is 12.4. The predicted octanol–water partition coefficient (Wildman–Crippen LogP) is 2.07. The summed E-state index contributed by atoms with van der Waals surface area (Å²) in [6.45, 7) is 6.27. The van der Waals surface area contributed by atoms with E-state index < -0.39 is 0 Å². The maximum Gasteiger partial charge on any atom is 0.0947 e. The van der Waals surface area contributed by atoms with Gasteiger partial charge in [0, 0.05) is 38.0 Å². The Bertz CT molecular complexity index is 507. The number of ether oxygens (including phenoxy) is 1. The van der Waals surface area contributed by atoms with Gasteiger partial charge in [-0.3, -0.25) is 9.58 Å². The molecule has 0 fully saturated rings. The molecule has 0 bridgehead atoms. The highest BCUT2D eigenvalue weighted by atomic mass is 16.5. The van der Waals surface area contributed by atoms with Crippen molar-refractivity contribution in [3.05, 3.63) is 42.1 Å². The molecule has 2 aromatic heterocycles. The fourth-order valence-electron chi connectivity index (χ4n) is 2.60. The van der Waals surface area contributed by atoms with Crippen molar-refractivity contribution < 1.29 is 9.15 Å². The Hall–Kier alpha value is -1.59. The molecule has 2 aromatic rings. The van der Waals surface area contributed by atoms with Crippen LogP contribution in [0, 0.1) is 0 Å². The summed E-state index contributed by atoms with van der Waals surface area (Å²) in [6, 6.07) is 4.40. The lowest BCUT2D eigenvalue weighted by atomic mass is 10.2. The highest BCUT2D eigenvalue weighted by Gasteiger charge is 2.25. The molecular weight excluding hydrogens is 242 g/mol. The van der Waals surface area contributed by atoms with Gasteiger partial charge in [-0.15, -0.1) is 0 Å². The Balaban J connectivity index is 1.72. The van der Waals surface area contributed by atoms with Crippen LogP contribution in [0.1, 0.15) is 24.2 Å². The summed E-state index contributed by atoms with van der Waals surface area (Å²) in [4.78, 5) is 2.41. The maximum atomic E-state index is 5.58. The van der Waals surface area contributed by atoms with Gasteiger partial charge < -0.3 is 9.15 Å². The Morgan fingerprint density at radius 1 is 1.47 bits per heavy atom. The molecular formula is C14H19N3O2. The van der Waals surface area contributed by atoms with Gasteiger partial charge in [-0.05, 0) is 19.1 Å². The van der Waals surface area contributed by atoms with E-state index in [1.807, 2.05) is 25.5 Å². The summed E-state index contributed by atoms with van der Waals surface area (Å²) in [5.74, 6) is 0. The van der Waals surface area contributed by atoms with Crippen LogP contribution in [0.4, 0.5) is 0 Å². The quantitative estimate of drug-likeness (QED) is 0.826. The van der Waals surface area contributed by atoms with Crippen LogP contribution >= 0.6 is 0 Å². The van der Waals surface area contributed by atoms with Crippen LogP contribution in [0.5, 0.6) is 0 Å². The second-order valence-electron chi connectivity index (χ2n) is 4.88. The van der Waals surface area contributed by atoms with Crippen LogP contribution in [0.15, 0.2) is 35.3 Å². The third-order valence-corrected chi connectivity index (χ3v) is 3.45. The first-order chi connectivity index (χ1) is 9.36. The molecule has 0 aliphatic carbocycles. The average Bonchev–Trinajstić information content (AvgIpc) is 3.06. The molecule has 1 aliphatic heterocycles. The van der Waals surface area contributed by atoms with Crippen molar-refractivity contribution in [1.82, 2.24) is 14.7 Å². The Labute approximate surface area is 112 Å². The summed E-state index contributed by atoms with van der Waals surface area (Å²) in [7, 11) is 0. The van der Waals surface area contributed by atoms with E-state index in [1.165, 1.54) is 11.3 Å². The normalized spacial score (nSPS) is 19.5. The molecule has 0 unspecified atom stereocenters. The summed E-state index contributed by atoms with van der Waals surface area (Å²) < 4.78 is 12.8. The van der Waals surface area contributed by atoms with Gasteiger partial charge in [0.2, 0.25) is 0 Å². The third kappa shape index (κ3) is 2.72. The fourth-order valence-corrected chi connectivity index (χ4v) is 2.60. The molecule has 1 aliphatic rings. The largest absolute Gasteiger partial charge is 0.472 e. The van der Waals surface area contributed by atoms with Crippen LogP contribution in [0.2, 0.25) is 0 Å².